The van der Waals surface area contributed by atoms with Crippen molar-refractivity contribution in [1.29, 1.82) is 0 Å². The van der Waals surface area contributed by atoms with Crippen molar-refractivity contribution >= 4 is 17.3 Å². The standard InChI is InChI=1S/C15H14O5/c1-19-9-3-5-11(13(16)7-9)15(18)12-6-4-10(20-2)8-14(12)17/h3-6H,7-8H2,1-2H3. The molecule has 5 heteroatoms. The minimum absolute atomic E-state index is 0.0136. The molecule has 5 nitrogen and oxygen atoms in total. The highest BCUT2D eigenvalue weighted by molar-refractivity contribution is 6.35. The van der Waals surface area contributed by atoms with Crippen molar-refractivity contribution in [2.24, 2.45) is 0 Å². The lowest BCUT2D eigenvalue weighted by atomic mass is 9.89. The van der Waals surface area contributed by atoms with Crippen LogP contribution >= 0.6 is 0 Å². The normalized spacial score (nSPS) is 18.7. The Morgan fingerprint density at radius 3 is 1.55 bits per heavy atom. The number of methoxy groups -OCH3 is 2. The molecule has 0 aromatic carbocycles. The van der Waals surface area contributed by atoms with E-state index in [4.69, 9.17) is 9.47 Å². The molecule has 0 amide bonds. The second-order valence-electron chi connectivity index (χ2n) is 4.36. The van der Waals surface area contributed by atoms with Crippen molar-refractivity contribution in [3.8, 4) is 0 Å². The van der Waals surface area contributed by atoms with Crippen LogP contribution < -0.4 is 0 Å². The molecule has 0 radical (unpaired) electrons. The highest BCUT2D eigenvalue weighted by atomic mass is 16.5. The van der Waals surface area contributed by atoms with Crippen LogP contribution in [0.5, 0.6) is 0 Å². The molecule has 0 aromatic heterocycles. The summed E-state index contributed by atoms with van der Waals surface area (Å²) in [7, 11) is 2.92. The second kappa shape index (κ2) is 5.69. The van der Waals surface area contributed by atoms with E-state index in [-0.39, 0.29) is 35.6 Å². The molecule has 0 unspecified atom stereocenters. The largest absolute Gasteiger partial charge is 0.501 e. The molecule has 0 N–H and O–H groups in total. The number of hydrogen-bond donors (Lipinski definition) is 0. The van der Waals surface area contributed by atoms with E-state index in [9.17, 15) is 14.4 Å². The van der Waals surface area contributed by atoms with Gasteiger partial charge in [0.2, 0.25) is 0 Å². The highest BCUT2D eigenvalue weighted by Crippen LogP contribution is 2.23. The van der Waals surface area contributed by atoms with Gasteiger partial charge >= 0.3 is 0 Å². The Morgan fingerprint density at radius 1 is 0.850 bits per heavy atom. The smallest absolute Gasteiger partial charge is 0.200 e. The van der Waals surface area contributed by atoms with Gasteiger partial charge in [-0.15, -0.1) is 0 Å². The van der Waals surface area contributed by atoms with E-state index >= 15 is 0 Å². The summed E-state index contributed by atoms with van der Waals surface area (Å²) in [6, 6.07) is 0. The van der Waals surface area contributed by atoms with Crippen LogP contribution in [-0.2, 0) is 23.9 Å². The molecular weight excluding hydrogens is 260 g/mol. The predicted molar refractivity (Wildman–Crippen MR) is 70.6 cm³/mol. The zero-order valence-electron chi connectivity index (χ0n) is 11.3. The Kier molecular flexibility index (Phi) is 3.98. The third-order valence-electron chi connectivity index (χ3n) is 3.16. The van der Waals surface area contributed by atoms with E-state index in [0.717, 1.165) is 0 Å². The second-order valence-corrected chi connectivity index (χ2v) is 4.36. The summed E-state index contributed by atoms with van der Waals surface area (Å²) >= 11 is 0. The molecule has 2 rings (SSSR count). The van der Waals surface area contributed by atoms with E-state index in [1.165, 1.54) is 26.4 Å². The molecule has 104 valence electrons. The van der Waals surface area contributed by atoms with Crippen molar-refractivity contribution in [3.05, 3.63) is 47.0 Å². The predicted octanol–water partition coefficient (Wildman–Crippen LogP) is 1.41. The highest BCUT2D eigenvalue weighted by Gasteiger charge is 2.29. The van der Waals surface area contributed by atoms with Crippen LogP contribution in [0.2, 0.25) is 0 Å². The lowest BCUT2D eigenvalue weighted by Gasteiger charge is -2.15. The van der Waals surface area contributed by atoms with E-state index < -0.39 is 5.78 Å². The number of Topliss-reactive ketones (excluding diaryl/α,β-unsaturated/α-hetero) is 3. The fraction of sp³-hybridized carbons (Fsp3) is 0.267. The fourth-order valence-corrected chi connectivity index (χ4v) is 1.99. The molecule has 0 saturated carbocycles. The van der Waals surface area contributed by atoms with Gasteiger partial charge in [0.05, 0.1) is 38.2 Å². The van der Waals surface area contributed by atoms with Crippen LogP contribution in [0, 0.1) is 0 Å². The van der Waals surface area contributed by atoms with Gasteiger partial charge in [0.15, 0.2) is 17.3 Å². The topological polar surface area (TPSA) is 69.7 Å². The van der Waals surface area contributed by atoms with Gasteiger partial charge < -0.3 is 9.47 Å². The first-order valence-electron chi connectivity index (χ1n) is 6.07. The summed E-state index contributed by atoms with van der Waals surface area (Å²) in [5, 5.41) is 0. The molecular formula is C15H14O5. The van der Waals surface area contributed by atoms with Gasteiger partial charge in [-0.3, -0.25) is 14.4 Å². The Bertz CT molecular complexity index is 550. The Balaban J connectivity index is 2.29. The number of ketones is 3. The number of ether oxygens (including phenoxy) is 2. The van der Waals surface area contributed by atoms with E-state index in [2.05, 4.69) is 0 Å². The summed E-state index contributed by atoms with van der Waals surface area (Å²) in [6.07, 6.45) is 6.01. The van der Waals surface area contributed by atoms with Crippen LogP contribution in [0.3, 0.4) is 0 Å². The summed E-state index contributed by atoms with van der Waals surface area (Å²) < 4.78 is 9.92. The Hall–Kier alpha value is -2.43. The minimum atomic E-state index is -0.544. The molecule has 2 aliphatic carbocycles. The summed E-state index contributed by atoms with van der Waals surface area (Å²) in [6.45, 7) is 0. The van der Waals surface area contributed by atoms with Gasteiger partial charge in [-0.05, 0) is 24.3 Å². The molecule has 0 atom stereocenters. The summed E-state index contributed by atoms with van der Waals surface area (Å²) in [4.78, 5) is 36.0. The number of allylic oxidation sites excluding steroid dienone is 8. The quantitative estimate of drug-likeness (QED) is 0.725. The number of hydrogen-bond acceptors (Lipinski definition) is 5. The Labute approximate surface area is 116 Å². The number of carbonyl (C=O) groups excluding carboxylic acids is 3. The van der Waals surface area contributed by atoms with Gasteiger partial charge in [-0.25, -0.2) is 0 Å². The number of carbonyl (C=O) groups is 3. The SMILES string of the molecule is COC1=CC=C(C(=O)C2=CC=C(OC)CC2=O)C(=O)C1. The first-order chi connectivity index (χ1) is 9.56. The first kappa shape index (κ1) is 14.0. The monoisotopic (exact) mass is 274 g/mol. The van der Waals surface area contributed by atoms with Crippen molar-refractivity contribution in [2.45, 2.75) is 12.8 Å². The first-order valence-corrected chi connectivity index (χ1v) is 6.07. The van der Waals surface area contributed by atoms with Crippen LogP contribution in [0.4, 0.5) is 0 Å². The van der Waals surface area contributed by atoms with E-state index in [1.54, 1.807) is 12.2 Å². The fourth-order valence-electron chi connectivity index (χ4n) is 1.99. The maximum atomic E-state index is 12.2. The summed E-state index contributed by atoms with van der Waals surface area (Å²) in [5.41, 5.74) is 0.0272. The van der Waals surface area contributed by atoms with Crippen molar-refractivity contribution in [1.82, 2.24) is 0 Å². The van der Waals surface area contributed by atoms with Crippen LogP contribution in [0.15, 0.2) is 47.0 Å². The lowest BCUT2D eigenvalue weighted by Crippen LogP contribution is -2.23. The maximum Gasteiger partial charge on any atom is 0.200 e. The van der Waals surface area contributed by atoms with Crippen molar-refractivity contribution in [3.63, 3.8) is 0 Å². The molecule has 0 fully saturated rings. The van der Waals surface area contributed by atoms with Crippen molar-refractivity contribution < 1.29 is 23.9 Å². The number of rotatable bonds is 4. The lowest BCUT2D eigenvalue weighted by molar-refractivity contribution is -0.122. The third-order valence-corrected chi connectivity index (χ3v) is 3.16. The molecule has 0 heterocycles. The van der Waals surface area contributed by atoms with Gasteiger partial charge in [0.25, 0.3) is 0 Å². The van der Waals surface area contributed by atoms with E-state index in [1.807, 2.05) is 0 Å². The van der Waals surface area contributed by atoms with Gasteiger partial charge in [0.1, 0.15) is 11.5 Å². The summed E-state index contributed by atoms with van der Waals surface area (Å²) in [5.74, 6) is -0.235. The van der Waals surface area contributed by atoms with Gasteiger partial charge in [0, 0.05) is 0 Å². The van der Waals surface area contributed by atoms with Gasteiger partial charge in [-0.1, -0.05) is 0 Å². The average molecular weight is 274 g/mol. The molecule has 0 aromatic rings. The van der Waals surface area contributed by atoms with Crippen LogP contribution in [0.25, 0.3) is 0 Å². The zero-order valence-corrected chi connectivity index (χ0v) is 11.3. The van der Waals surface area contributed by atoms with Crippen LogP contribution in [-0.4, -0.2) is 31.6 Å². The molecule has 0 saturated heterocycles. The molecule has 2 aliphatic rings. The van der Waals surface area contributed by atoms with Crippen molar-refractivity contribution in [2.75, 3.05) is 14.2 Å². The zero-order chi connectivity index (χ0) is 14.7. The van der Waals surface area contributed by atoms with Gasteiger partial charge in [-0.2, -0.15) is 0 Å². The molecule has 0 spiro atoms. The third kappa shape index (κ3) is 2.61. The molecule has 0 bridgehead atoms. The average Bonchev–Trinajstić information content (AvgIpc) is 2.46. The molecule has 20 heavy (non-hydrogen) atoms. The van der Waals surface area contributed by atoms with E-state index in [0.29, 0.717) is 11.5 Å². The maximum absolute atomic E-state index is 12.2. The minimum Gasteiger partial charge on any atom is -0.501 e. The Morgan fingerprint density at radius 2 is 1.25 bits per heavy atom. The molecule has 0 aliphatic heterocycles. The van der Waals surface area contributed by atoms with Crippen LogP contribution in [0.1, 0.15) is 12.8 Å².